The summed E-state index contributed by atoms with van der Waals surface area (Å²) in [6.07, 6.45) is 0. The van der Waals surface area contributed by atoms with Crippen molar-refractivity contribution in [3.8, 4) is 17.1 Å². The molecule has 3 aromatic carbocycles. The lowest BCUT2D eigenvalue weighted by atomic mass is 10.2. The Bertz CT molecular complexity index is 1290. The number of aryl methyl sites for hydroxylation is 1. The van der Waals surface area contributed by atoms with Crippen molar-refractivity contribution in [1.82, 2.24) is 14.8 Å². The van der Waals surface area contributed by atoms with Gasteiger partial charge in [0.1, 0.15) is 0 Å². The molecule has 9 heteroatoms. The lowest BCUT2D eigenvalue weighted by molar-refractivity contribution is 0.101. The van der Waals surface area contributed by atoms with Crippen molar-refractivity contribution in [1.29, 1.82) is 0 Å². The Morgan fingerprint density at radius 2 is 1.71 bits per heavy atom. The number of halogens is 4. The van der Waals surface area contributed by atoms with Gasteiger partial charge in [0.25, 0.3) is 5.91 Å². The number of nitrogens with zero attached hydrogens (tertiary/aromatic N) is 3. The van der Waals surface area contributed by atoms with Gasteiger partial charge in [0.15, 0.2) is 5.82 Å². The number of carbonyl (C=O) groups is 1. The molecule has 0 saturated carbocycles. The van der Waals surface area contributed by atoms with Crippen LogP contribution in [0.25, 0.3) is 17.1 Å². The first-order valence-electron chi connectivity index (χ1n) is 9.08. The maximum absolute atomic E-state index is 12.9. The minimum atomic E-state index is -0.431. The molecule has 0 atom stereocenters. The van der Waals surface area contributed by atoms with E-state index in [1.165, 1.54) is 0 Å². The predicted molar refractivity (Wildman–Crippen MR) is 129 cm³/mol. The molecule has 0 aliphatic carbocycles. The predicted octanol–water partition coefficient (Wildman–Crippen LogP) is 7.22. The maximum atomic E-state index is 12.9. The van der Waals surface area contributed by atoms with E-state index in [9.17, 15) is 4.79 Å². The van der Waals surface area contributed by atoms with Crippen LogP contribution in [0.1, 0.15) is 16.2 Å². The summed E-state index contributed by atoms with van der Waals surface area (Å²) in [6, 6.07) is 17.8. The van der Waals surface area contributed by atoms with E-state index >= 15 is 0 Å². The van der Waals surface area contributed by atoms with Crippen LogP contribution in [0.4, 0.5) is 5.69 Å². The molecule has 4 aromatic rings. The van der Waals surface area contributed by atoms with Crippen LogP contribution in [0.3, 0.4) is 0 Å². The van der Waals surface area contributed by atoms with Gasteiger partial charge in [-0.1, -0.05) is 50.7 Å². The van der Waals surface area contributed by atoms with Gasteiger partial charge in [-0.15, -0.1) is 5.10 Å². The number of benzene rings is 3. The van der Waals surface area contributed by atoms with E-state index in [4.69, 9.17) is 34.8 Å². The van der Waals surface area contributed by atoms with Crippen molar-refractivity contribution in [2.45, 2.75) is 6.92 Å². The fourth-order valence-electron chi connectivity index (χ4n) is 2.94. The highest BCUT2D eigenvalue weighted by atomic mass is 79.9. The van der Waals surface area contributed by atoms with Gasteiger partial charge in [0.05, 0.1) is 15.7 Å². The van der Waals surface area contributed by atoms with Crippen LogP contribution in [0, 0.1) is 6.92 Å². The third kappa shape index (κ3) is 4.77. The Labute approximate surface area is 202 Å². The smallest absolute Gasteiger partial charge is 0.295 e. The molecule has 31 heavy (non-hydrogen) atoms. The van der Waals surface area contributed by atoms with Crippen molar-refractivity contribution >= 4 is 62.3 Å². The molecular weight excluding hydrogens is 523 g/mol. The molecule has 0 bridgehead atoms. The molecular formula is C22H14BrCl3N4O. The zero-order chi connectivity index (χ0) is 22.1. The zero-order valence-electron chi connectivity index (χ0n) is 16.0. The molecule has 156 valence electrons. The highest BCUT2D eigenvalue weighted by molar-refractivity contribution is 9.10. The fraction of sp³-hybridized carbons (Fsp3) is 0.0455. The van der Waals surface area contributed by atoms with E-state index in [0.29, 0.717) is 32.3 Å². The Morgan fingerprint density at radius 3 is 2.39 bits per heavy atom. The first-order chi connectivity index (χ1) is 14.8. The van der Waals surface area contributed by atoms with Crippen molar-refractivity contribution in [2.75, 3.05) is 5.32 Å². The van der Waals surface area contributed by atoms with Gasteiger partial charge in [0.2, 0.25) is 5.82 Å². The number of amides is 1. The summed E-state index contributed by atoms with van der Waals surface area (Å²) < 4.78 is 2.48. The number of carbonyl (C=O) groups excluding carboxylic acids is 1. The molecule has 0 unspecified atom stereocenters. The average molecular weight is 537 g/mol. The van der Waals surface area contributed by atoms with Gasteiger partial charge < -0.3 is 5.32 Å². The molecule has 4 rings (SSSR count). The molecule has 5 nitrogen and oxygen atoms in total. The summed E-state index contributed by atoms with van der Waals surface area (Å²) >= 11 is 21.7. The second-order valence-corrected chi connectivity index (χ2v) is 8.86. The Hall–Kier alpha value is -2.38. The number of anilines is 1. The van der Waals surface area contributed by atoms with Gasteiger partial charge in [-0.05, 0) is 73.2 Å². The molecule has 0 radical (unpaired) electrons. The average Bonchev–Trinajstić information content (AvgIpc) is 3.18. The van der Waals surface area contributed by atoms with Gasteiger partial charge >= 0.3 is 0 Å². The molecule has 1 amide bonds. The monoisotopic (exact) mass is 534 g/mol. The molecule has 0 aliphatic heterocycles. The number of hydrogen-bond donors (Lipinski definition) is 1. The minimum Gasteiger partial charge on any atom is -0.319 e. The van der Waals surface area contributed by atoms with E-state index in [0.717, 1.165) is 15.6 Å². The van der Waals surface area contributed by atoms with Crippen LogP contribution in [0.15, 0.2) is 65.1 Å². The molecule has 1 heterocycles. The normalized spacial score (nSPS) is 10.9. The molecule has 0 fully saturated rings. The Balaban J connectivity index is 1.77. The van der Waals surface area contributed by atoms with Crippen LogP contribution in [0.2, 0.25) is 15.1 Å². The summed E-state index contributed by atoms with van der Waals surface area (Å²) in [7, 11) is 0. The molecule has 0 spiro atoms. The van der Waals surface area contributed by atoms with Crippen molar-refractivity contribution < 1.29 is 4.79 Å². The van der Waals surface area contributed by atoms with E-state index in [1.807, 2.05) is 25.1 Å². The second-order valence-electron chi connectivity index (χ2n) is 6.69. The van der Waals surface area contributed by atoms with E-state index < -0.39 is 5.91 Å². The Morgan fingerprint density at radius 1 is 0.968 bits per heavy atom. The topological polar surface area (TPSA) is 59.8 Å². The van der Waals surface area contributed by atoms with Crippen LogP contribution >= 0.6 is 50.7 Å². The highest BCUT2D eigenvalue weighted by Crippen LogP contribution is 2.28. The van der Waals surface area contributed by atoms with E-state index in [-0.39, 0.29) is 5.82 Å². The summed E-state index contributed by atoms with van der Waals surface area (Å²) in [4.78, 5) is 17.4. The minimum absolute atomic E-state index is 0.0124. The summed E-state index contributed by atoms with van der Waals surface area (Å²) in [6.45, 7) is 1.90. The quantitative estimate of drug-likeness (QED) is 0.300. The molecule has 0 aliphatic rings. The van der Waals surface area contributed by atoms with Crippen LogP contribution in [-0.2, 0) is 0 Å². The van der Waals surface area contributed by atoms with Crippen molar-refractivity contribution in [2.24, 2.45) is 0 Å². The van der Waals surface area contributed by atoms with Crippen LogP contribution < -0.4 is 5.32 Å². The van der Waals surface area contributed by atoms with Gasteiger partial charge in [-0.3, -0.25) is 4.79 Å². The fourth-order valence-corrected chi connectivity index (χ4v) is 3.83. The SMILES string of the molecule is Cc1cc(Br)ccc1NC(=O)c1nc(-c2ccc(Cl)cc2)n(-c2ccc(Cl)c(Cl)c2)n1. The van der Waals surface area contributed by atoms with Crippen molar-refractivity contribution in [3.63, 3.8) is 0 Å². The summed E-state index contributed by atoms with van der Waals surface area (Å²) in [5.41, 5.74) is 2.93. The molecule has 0 saturated heterocycles. The number of nitrogens with one attached hydrogen (secondary N) is 1. The van der Waals surface area contributed by atoms with Gasteiger partial charge in [0, 0.05) is 20.7 Å². The lowest BCUT2D eigenvalue weighted by Crippen LogP contribution is -2.15. The first-order valence-corrected chi connectivity index (χ1v) is 11.0. The molecule has 1 aromatic heterocycles. The summed E-state index contributed by atoms with van der Waals surface area (Å²) in [5, 5.41) is 8.68. The maximum Gasteiger partial charge on any atom is 0.295 e. The molecule has 1 N–H and O–H groups in total. The van der Waals surface area contributed by atoms with Gasteiger partial charge in [-0.25, -0.2) is 9.67 Å². The largest absolute Gasteiger partial charge is 0.319 e. The van der Waals surface area contributed by atoms with E-state index in [2.05, 4.69) is 31.3 Å². The Kier molecular flexibility index (Phi) is 6.34. The third-order valence-electron chi connectivity index (χ3n) is 4.50. The zero-order valence-corrected chi connectivity index (χ0v) is 19.9. The van der Waals surface area contributed by atoms with Crippen LogP contribution in [-0.4, -0.2) is 20.7 Å². The highest BCUT2D eigenvalue weighted by Gasteiger charge is 2.20. The first kappa shape index (κ1) is 21.8. The number of aromatic nitrogens is 3. The number of rotatable bonds is 4. The summed E-state index contributed by atoms with van der Waals surface area (Å²) in [5.74, 6) is 0.0468. The van der Waals surface area contributed by atoms with Crippen LogP contribution in [0.5, 0.6) is 0 Å². The second kappa shape index (κ2) is 9.01. The third-order valence-corrected chi connectivity index (χ3v) is 5.98. The van der Waals surface area contributed by atoms with Gasteiger partial charge in [-0.2, -0.15) is 0 Å². The number of hydrogen-bond acceptors (Lipinski definition) is 3. The van der Waals surface area contributed by atoms with E-state index in [1.54, 1.807) is 47.1 Å². The van der Waals surface area contributed by atoms with Crippen molar-refractivity contribution in [3.05, 3.63) is 91.6 Å². The standard InChI is InChI=1S/C22H14BrCl3N4O/c1-12-10-14(23)4-9-19(12)27-22(31)20-28-21(13-2-5-15(24)6-3-13)30(29-20)16-7-8-17(25)18(26)11-16/h2-11H,1H3,(H,27,31). The lowest BCUT2D eigenvalue weighted by Gasteiger charge is -2.07.